The zero-order valence-electron chi connectivity index (χ0n) is 51.9. The first-order valence-corrected chi connectivity index (χ1v) is 29.3. The normalized spacial score (nSPS) is 18.6. The molecule has 4 amide bonds. The molecule has 0 bridgehead atoms. The fourth-order valence-electron chi connectivity index (χ4n) is 10.5. The maximum Gasteiger partial charge on any atom is 0.410 e. The first-order chi connectivity index (χ1) is 40.1. The number of amides is 4. The van der Waals surface area contributed by atoms with Crippen LogP contribution in [0.3, 0.4) is 0 Å². The number of benzene rings is 2. The third-order valence-electron chi connectivity index (χ3n) is 16.2. The molecule has 0 aromatic heterocycles. The van der Waals surface area contributed by atoms with E-state index < -0.39 is 131 Å². The lowest BCUT2D eigenvalue weighted by Crippen LogP contribution is -2.55. The van der Waals surface area contributed by atoms with Crippen LogP contribution in [0.15, 0.2) is 54.6 Å². The average Bonchev–Trinajstić information content (AvgIpc) is 1.69. The van der Waals surface area contributed by atoms with Crippen LogP contribution in [0, 0.1) is 0 Å². The third kappa shape index (κ3) is 17.8. The van der Waals surface area contributed by atoms with Crippen molar-refractivity contribution >= 4 is 59.2 Å². The molecule has 474 valence electrons. The summed E-state index contributed by atoms with van der Waals surface area (Å²) in [5, 5.41) is 10.2. The standard InChI is InChI=1S/C63H86F2N4O17/c1-38(50(70)67(11)47(37-61(8,9)65)55(76)85-49(53(73)74)35-41-16-20-43(21-17-41)45-24-32-81-33-25-45)82-56(77)62(26-27-62)68(12)52(72)48(34-40-14-18-42(19-15-40)44-22-30-80-31-23-44)84-54(75)46(36-60(6,7)64)66(10)51(71)39(2)83-57(78)63(28-29-63)69(13)58(79)86-59(3,4)5/h14-21,24,38-39,44,46-49H,22-23,25-37H2,1-13H3,(H,73,74)/t38-,39-,46+,47+,48-,49?/m1/s1. The second-order valence-corrected chi connectivity index (χ2v) is 25.3. The molecule has 6 rings (SSSR count). The van der Waals surface area contributed by atoms with Crippen LogP contribution < -0.4 is 0 Å². The number of hydrogen-bond donors (Lipinski definition) is 1. The van der Waals surface area contributed by atoms with E-state index in [9.17, 15) is 48.3 Å². The van der Waals surface area contributed by atoms with Crippen molar-refractivity contribution in [1.82, 2.24) is 19.6 Å². The van der Waals surface area contributed by atoms with Crippen LogP contribution in [-0.2, 0) is 84.4 Å². The minimum atomic E-state index is -2.12. The number of carboxylic acids is 1. The summed E-state index contributed by atoms with van der Waals surface area (Å²) in [7, 11) is 5.03. The van der Waals surface area contributed by atoms with Gasteiger partial charge >= 0.3 is 35.9 Å². The smallest absolute Gasteiger partial charge is 0.410 e. The zero-order chi connectivity index (χ0) is 63.9. The number of nitrogens with zero attached hydrogens (tertiary/aromatic N) is 4. The lowest BCUT2D eigenvalue weighted by atomic mass is 9.90. The molecular formula is C63H86F2N4O17. The number of alkyl halides is 2. The summed E-state index contributed by atoms with van der Waals surface area (Å²) < 4.78 is 70.4. The quantitative estimate of drug-likeness (QED) is 0.0718. The van der Waals surface area contributed by atoms with E-state index >= 15 is 8.78 Å². The second kappa shape index (κ2) is 27.8. The van der Waals surface area contributed by atoms with Gasteiger partial charge in [-0.3, -0.25) is 19.3 Å². The molecule has 4 aliphatic rings. The van der Waals surface area contributed by atoms with Gasteiger partial charge in [0.05, 0.1) is 13.2 Å². The molecule has 0 radical (unpaired) electrons. The number of carbonyl (C=O) groups excluding carboxylic acids is 8. The maximum absolute atomic E-state index is 15.8. The number of carbonyl (C=O) groups is 9. The SMILES string of the molecule is C[C@@H](OC(=O)C1(N(C)C(=O)OC(C)(C)C)CC1)C(=O)N(C)[C@@H](CC(C)(C)F)C(=O)O[C@H](Cc1ccc(C2CCOCC2)cc1)C(=O)N(C)C1(C(=O)O[C@H](C)C(=O)N(C)[C@@H](CC(C)(C)F)C(=O)OC(Cc2ccc(C3=CCOCC3)cc2)C(=O)O)CC1. The molecule has 2 aliphatic carbocycles. The van der Waals surface area contributed by atoms with Crippen LogP contribution in [0.2, 0.25) is 0 Å². The molecule has 86 heavy (non-hydrogen) atoms. The number of hydrogen-bond acceptors (Lipinski definition) is 16. The zero-order valence-corrected chi connectivity index (χ0v) is 51.9. The summed E-state index contributed by atoms with van der Waals surface area (Å²) in [5.41, 5.74) is -4.12. The number of ether oxygens (including phenoxy) is 7. The third-order valence-corrected chi connectivity index (χ3v) is 16.2. The Hall–Kier alpha value is -7.01. The van der Waals surface area contributed by atoms with E-state index in [1.807, 2.05) is 30.3 Å². The average molecular weight is 1210 g/mol. The van der Waals surface area contributed by atoms with Gasteiger partial charge in [-0.25, -0.2) is 37.5 Å². The number of esters is 4. The van der Waals surface area contributed by atoms with Crippen molar-refractivity contribution in [2.45, 2.75) is 203 Å². The van der Waals surface area contributed by atoms with E-state index in [0.717, 1.165) is 70.0 Å². The van der Waals surface area contributed by atoms with Gasteiger partial charge in [-0.1, -0.05) is 54.6 Å². The van der Waals surface area contributed by atoms with Gasteiger partial charge in [-0.15, -0.1) is 0 Å². The maximum atomic E-state index is 15.8. The largest absolute Gasteiger partial charge is 0.478 e. The van der Waals surface area contributed by atoms with Gasteiger partial charge in [0.15, 0.2) is 18.3 Å². The molecule has 1 N–H and O–H groups in total. The summed E-state index contributed by atoms with van der Waals surface area (Å²) in [6.45, 7) is 14.4. The Labute approximate surface area is 502 Å². The van der Waals surface area contributed by atoms with Crippen LogP contribution in [-0.4, -0.2) is 198 Å². The van der Waals surface area contributed by atoms with Crippen molar-refractivity contribution in [3.63, 3.8) is 0 Å². The molecular weight excluding hydrogens is 1120 g/mol. The highest BCUT2D eigenvalue weighted by molar-refractivity contribution is 5.96. The van der Waals surface area contributed by atoms with E-state index in [2.05, 4.69) is 0 Å². The molecule has 2 heterocycles. The van der Waals surface area contributed by atoms with Crippen molar-refractivity contribution in [3.8, 4) is 0 Å². The molecule has 2 aromatic carbocycles. The van der Waals surface area contributed by atoms with Crippen LogP contribution >= 0.6 is 0 Å². The van der Waals surface area contributed by atoms with E-state index in [4.69, 9.17) is 33.2 Å². The minimum absolute atomic E-state index is 0.0315. The molecule has 2 saturated carbocycles. The Morgan fingerprint density at radius 1 is 0.605 bits per heavy atom. The molecule has 6 atom stereocenters. The lowest BCUT2D eigenvalue weighted by Gasteiger charge is -2.35. The van der Waals surface area contributed by atoms with Crippen LogP contribution in [0.1, 0.15) is 148 Å². The van der Waals surface area contributed by atoms with E-state index in [-0.39, 0.29) is 44.4 Å². The first-order valence-electron chi connectivity index (χ1n) is 29.3. The van der Waals surface area contributed by atoms with E-state index in [1.54, 1.807) is 45.0 Å². The molecule has 2 aromatic rings. The summed E-state index contributed by atoms with van der Waals surface area (Å²) in [4.78, 5) is 129. The minimum Gasteiger partial charge on any atom is -0.478 e. The van der Waals surface area contributed by atoms with Crippen LogP contribution in [0.5, 0.6) is 0 Å². The molecule has 2 aliphatic heterocycles. The van der Waals surface area contributed by atoms with Gasteiger partial charge in [-0.05, 0) is 141 Å². The Kier molecular flexibility index (Phi) is 22.0. The van der Waals surface area contributed by atoms with Gasteiger partial charge in [-0.2, -0.15) is 0 Å². The van der Waals surface area contributed by atoms with Gasteiger partial charge in [0, 0.05) is 67.1 Å². The highest BCUT2D eigenvalue weighted by Crippen LogP contribution is 2.44. The molecule has 1 saturated heterocycles. The summed E-state index contributed by atoms with van der Waals surface area (Å²) in [5.74, 6) is -8.44. The number of aliphatic carboxylic acids is 1. The molecule has 23 heteroatoms. The number of halogens is 2. The van der Waals surface area contributed by atoms with Gasteiger partial charge < -0.3 is 53.0 Å². The first kappa shape index (κ1) is 68.1. The molecule has 21 nitrogen and oxygen atoms in total. The predicted molar refractivity (Wildman–Crippen MR) is 308 cm³/mol. The highest BCUT2D eigenvalue weighted by atomic mass is 19.1. The summed E-state index contributed by atoms with van der Waals surface area (Å²) >= 11 is 0. The number of carboxylic acid groups (broad SMARTS) is 1. The van der Waals surface area contributed by atoms with Gasteiger partial charge in [0.1, 0.15) is 40.1 Å². The lowest BCUT2D eigenvalue weighted by molar-refractivity contribution is -0.176. The fourth-order valence-corrected chi connectivity index (χ4v) is 10.5. The Bertz CT molecular complexity index is 2830. The summed E-state index contributed by atoms with van der Waals surface area (Å²) in [6, 6.07) is 11.0. The van der Waals surface area contributed by atoms with Crippen LogP contribution in [0.4, 0.5) is 13.6 Å². The van der Waals surface area contributed by atoms with Gasteiger partial charge in [0.2, 0.25) is 6.10 Å². The summed E-state index contributed by atoms with van der Waals surface area (Å²) in [6.07, 6.45) is -4.44. The number of likely N-dealkylation sites (N-methyl/N-ethyl adjacent to an activating group) is 4. The topological polar surface area (TPSA) is 251 Å². The molecule has 3 fully saturated rings. The molecule has 0 spiro atoms. The Balaban J connectivity index is 1.18. The Morgan fingerprint density at radius 2 is 1.05 bits per heavy atom. The number of rotatable bonds is 26. The highest BCUT2D eigenvalue weighted by Gasteiger charge is 2.60. The van der Waals surface area contributed by atoms with Crippen molar-refractivity contribution in [2.24, 2.45) is 0 Å². The monoisotopic (exact) mass is 1210 g/mol. The van der Waals surface area contributed by atoms with E-state index in [1.165, 1.54) is 48.8 Å². The predicted octanol–water partition coefficient (Wildman–Crippen LogP) is 7.26. The fraction of sp³-hybridized carbons (Fsp3) is 0.635. The second-order valence-electron chi connectivity index (χ2n) is 25.3. The Morgan fingerprint density at radius 3 is 1.47 bits per heavy atom. The van der Waals surface area contributed by atoms with Crippen molar-refractivity contribution < 1.29 is 90.2 Å². The van der Waals surface area contributed by atoms with Gasteiger partial charge in [0.25, 0.3) is 17.7 Å². The van der Waals surface area contributed by atoms with Crippen molar-refractivity contribution in [2.75, 3.05) is 54.6 Å². The van der Waals surface area contributed by atoms with Crippen LogP contribution in [0.25, 0.3) is 5.57 Å². The molecule has 1 unspecified atom stereocenters. The van der Waals surface area contributed by atoms with Crippen molar-refractivity contribution in [3.05, 3.63) is 76.9 Å². The van der Waals surface area contributed by atoms with Crippen molar-refractivity contribution in [1.29, 1.82) is 0 Å². The van der Waals surface area contributed by atoms with E-state index in [0.29, 0.717) is 44.0 Å².